The lowest BCUT2D eigenvalue weighted by Crippen LogP contribution is -2.37. The van der Waals surface area contributed by atoms with Crippen molar-refractivity contribution >= 4 is 5.91 Å². The smallest absolute Gasteiger partial charge is 0.267 e. The van der Waals surface area contributed by atoms with Crippen LogP contribution in [0, 0.1) is 0 Å². The first-order chi connectivity index (χ1) is 13.6. The van der Waals surface area contributed by atoms with Crippen LogP contribution < -0.4 is 5.56 Å². The molecule has 2 aromatic carbocycles. The summed E-state index contributed by atoms with van der Waals surface area (Å²) in [6.07, 6.45) is 1.77. The van der Waals surface area contributed by atoms with Crippen molar-refractivity contribution in [3.05, 3.63) is 82.6 Å². The fourth-order valence-electron chi connectivity index (χ4n) is 3.65. The lowest BCUT2D eigenvalue weighted by molar-refractivity contribution is -0.133. The van der Waals surface area contributed by atoms with Crippen molar-refractivity contribution in [2.24, 2.45) is 0 Å². The maximum Gasteiger partial charge on any atom is 0.267 e. The lowest BCUT2D eigenvalue weighted by atomic mass is 10.0. The molecule has 2 heterocycles. The minimum Gasteiger partial charge on any atom is -0.508 e. The van der Waals surface area contributed by atoms with Gasteiger partial charge in [-0.1, -0.05) is 42.5 Å². The molecule has 0 saturated carbocycles. The van der Waals surface area contributed by atoms with Crippen LogP contribution in [0.2, 0.25) is 0 Å². The van der Waals surface area contributed by atoms with Gasteiger partial charge in [-0.15, -0.1) is 0 Å². The van der Waals surface area contributed by atoms with E-state index in [1.807, 2.05) is 42.5 Å². The Morgan fingerprint density at radius 2 is 1.79 bits per heavy atom. The number of phenols is 1. The number of benzene rings is 2. The highest BCUT2D eigenvalue weighted by Gasteiger charge is 2.30. The van der Waals surface area contributed by atoms with Crippen LogP contribution in [0.5, 0.6) is 5.75 Å². The molecular formula is C22H21N3O3. The van der Waals surface area contributed by atoms with E-state index >= 15 is 0 Å². The molecule has 28 heavy (non-hydrogen) atoms. The number of likely N-dealkylation sites (tertiary alicyclic amines) is 1. The number of hydrogen-bond acceptors (Lipinski definition) is 4. The second kappa shape index (κ2) is 7.68. The van der Waals surface area contributed by atoms with Crippen molar-refractivity contribution in [1.82, 2.24) is 14.7 Å². The Bertz CT molecular complexity index is 1030. The Labute approximate surface area is 162 Å². The summed E-state index contributed by atoms with van der Waals surface area (Å²) in [6.45, 7) is 0.561. The van der Waals surface area contributed by atoms with Gasteiger partial charge in [0.1, 0.15) is 12.3 Å². The fourth-order valence-corrected chi connectivity index (χ4v) is 3.65. The number of hydrogen-bond donors (Lipinski definition) is 1. The molecule has 4 rings (SSSR count). The number of carbonyl (C=O) groups is 1. The summed E-state index contributed by atoms with van der Waals surface area (Å²) in [6, 6.07) is 19.6. The molecule has 0 radical (unpaired) electrons. The van der Waals surface area contributed by atoms with E-state index in [-0.39, 0.29) is 29.8 Å². The van der Waals surface area contributed by atoms with Gasteiger partial charge in [0.05, 0.1) is 11.7 Å². The van der Waals surface area contributed by atoms with E-state index in [9.17, 15) is 14.7 Å². The molecular weight excluding hydrogens is 354 g/mol. The third kappa shape index (κ3) is 3.67. The molecule has 0 unspecified atom stereocenters. The minimum atomic E-state index is -0.298. The van der Waals surface area contributed by atoms with Gasteiger partial charge >= 0.3 is 0 Å². The summed E-state index contributed by atoms with van der Waals surface area (Å²) >= 11 is 0. The third-order valence-electron chi connectivity index (χ3n) is 5.07. The first kappa shape index (κ1) is 18.0. The molecule has 6 heteroatoms. The maximum atomic E-state index is 12.9. The van der Waals surface area contributed by atoms with Gasteiger partial charge in [0.2, 0.25) is 5.91 Å². The van der Waals surface area contributed by atoms with Crippen LogP contribution in [0.4, 0.5) is 0 Å². The predicted molar refractivity (Wildman–Crippen MR) is 106 cm³/mol. The van der Waals surface area contributed by atoms with E-state index < -0.39 is 0 Å². The van der Waals surface area contributed by atoms with Crippen molar-refractivity contribution < 1.29 is 9.90 Å². The number of carbonyl (C=O) groups excluding carboxylic acids is 1. The highest BCUT2D eigenvalue weighted by atomic mass is 16.3. The van der Waals surface area contributed by atoms with E-state index in [1.165, 1.54) is 10.7 Å². The van der Waals surface area contributed by atoms with Crippen LogP contribution in [0.3, 0.4) is 0 Å². The molecule has 0 bridgehead atoms. The monoisotopic (exact) mass is 375 g/mol. The van der Waals surface area contributed by atoms with E-state index in [2.05, 4.69) is 5.10 Å². The molecule has 0 spiro atoms. The quantitative estimate of drug-likeness (QED) is 0.761. The molecule has 1 saturated heterocycles. The average molecular weight is 375 g/mol. The fraction of sp³-hybridized carbons (Fsp3) is 0.227. The summed E-state index contributed by atoms with van der Waals surface area (Å²) in [4.78, 5) is 27.0. The molecule has 1 aliphatic rings. The molecule has 1 atom stereocenters. The Balaban J connectivity index is 1.56. The van der Waals surface area contributed by atoms with Gasteiger partial charge in [0.25, 0.3) is 5.56 Å². The van der Waals surface area contributed by atoms with Gasteiger partial charge in [0, 0.05) is 18.2 Å². The summed E-state index contributed by atoms with van der Waals surface area (Å²) in [5, 5.41) is 13.9. The van der Waals surface area contributed by atoms with E-state index in [0.29, 0.717) is 12.2 Å². The van der Waals surface area contributed by atoms with Gasteiger partial charge in [-0.05, 0) is 36.6 Å². The molecule has 3 aromatic rings. The Hall–Kier alpha value is -3.41. The second-order valence-corrected chi connectivity index (χ2v) is 6.92. The third-order valence-corrected chi connectivity index (χ3v) is 5.07. The minimum absolute atomic E-state index is 0.0406. The highest BCUT2D eigenvalue weighted by molar-refractivity contribution is 5.77. The largest absolute Gasteiger partial charge is 0.508 e. The predicted octanol–water partition coefficient (Wildman–Crippen LogP) is 2.98. The topological polar surface area (TPSA) is 75.4 Å². The van der Waals surface area contributed by atoms with E-state index in [0.717, 1.165) is 24.0 Å². The van der Waals surface area contributed by atoms with Crippen LogP contribution in [-0.2, 0) is 11.3 Å². The highest BCUT2D eigenvalue weighted by Crippen LogP contribution is 2.32. The van der Waals surface area contributed by atoms with Crippen molar-refractivity contribution in [1.29, 1.82) is 0 Å². The maximum absolute atomic E-state index is 12.9. The molecule has 1 aliphatic heterocycles. The molecule has 142 valence electrons. The normalized spacial score (nSPS) is 16.3. The lowest BCUT2D eigenvalue weighted by Gasteiger charge is -2.25. The summed E-state index contributed by atoms with van der Waals surface area (Å²) in [5.74, 6) is 0.0727. The number of phenolic OH excluding ortho intramolecular Hbond substituents is 1. The van der Waals surface area contributed by atoms with Crippen LogP contribution in [0.25, 0.3) is 11.3 Å². The van der Waals surface area contributed by atoms with Crippen LogP contribution in [0.1, 0.15) is 24.4 Å². The van der Waals surface area contributed by atoms with Gasteiger partial charge in [-0.2, -0.15) is 5.10 Å². The van der Waals surface area contributed by atoms with Crippen molar-refractivity contribution in [3.63, 3.8) is 0 Å². The van der Waals surface area contributed by atoms with Crippen LogP contribution >= 0.6 is 0 Å². The number of nitrogens with zero attached hydrogens (tertiary/aromatic N) is 3. The molecule has 1 N–H and O–H groups in total. The molecule has 6 nitrogen and oxygen atoms in total. The van der Waals surface area contributed by atoms with Crippen LogP contribution in [-0.4, -0.2) is 32.2 Å². The van der Waals surface area contributed by atoms with Gasteiger partial charge < -0.3 is 10.0 Å². The number of rotatable bonds is 4. The van der Waals surface area contributed by atoms with E-state index in [1.54, 1.807) is 23.1 Å². The molecule has 1 fully saturated rings. The standard InChI is InChI=1S/C22H21N3O3/c26-18-10-8-17(9-11-18)20-7-4-14-24(20)22(28)15-25-21(27)13-12-19(23-25)16-5-2-1-3-6-16/h1-3,5-6,8-13,20,26H,4,7,14-15H2/t20-/m0/s1. The van der Waals surface area contributed by atoms with Crippen molar-refractivity contribution in [3.8, 4) is 17.0 Å². The Morgan fingerprint density at radius 3 is 2.54 bits per heavy atom. The summed E-state index contributed by atoms with van der Waals surface area (Å²) < 4.78 is 1.23. The summed E-state index contributed by atoms with van der Waals surface area (Å²) in [7, 11) is 0. The van der Waals surface area contributed by atoms with Crippen molar-refractivity contribution in [2.45, 2.75) is 25.4 Å². The molecule has 1 aromatic heterocycles. The zero-order valence-electron chi connectivity index (χ0n) is 15.4. The van der Waals surface area contributed by atoms with Gasteiger partial charge in [0.15, 0.2) is 0 Å². The SMILES string of the molecule is O=C(Cn1nc(-c2ccccc2)ccc1=O)N1CCC[C@H]1c1ccc(O)cc1. The van der Waals surface area contributed by atoms with Gasteiger partial charge in [-0.25, -0.2) is 4.68 Å². The second-order valence-electron chi connectivity index (χ2n) is 6.92. The number of aromatic nitrogens is 2. The first-order valence-corrected chi connectivity index (χ1v) is 9.34. The number of amides is 1. The molecule has 0 aliphatic carbocycles. The molecule has 1 amide bonds. The van der Waals surface area contributed by atoms with Crippen LogP contribution in [0.15, 0.2) is 71.5 Å². The van der Waals surface area contributed by atoms with E-state index in [4.69, 9.17) is 0 Å². The summed E-state index contributed by atoms with van der Waals surface area (Å²) in [5.41, 5.74) is 2.24. The Morgan fingerprint density at radius 1 is 1.04 bits per heavy atom. The van der Waals surface area contributed by atoms with Crippen molar-refractivity contribution in [2.75, 3.05) is 6.54 Å². The zero-order valence-corrected chi connectivity index (χ0v) is 15.4. The zero-order chi connectivity index (χ0) is 19.5. The average Bonchev–Trinajstić information content (AvgIpc) is 3.21. The number of aromatic hydroxyl groups is 1. The first-order valence-electron chi connectivity index (χ1n) is 9.34. The Kier molecular flexibility index (Phi) is 4.93. The van der Waals surface area contributed by atoms with Gasteiger partial charge in [-0.3, -0.25) is 9.59 Å².